The Labute approximate surface area is 526 Å². The van der Waals surface area contributed by atoms with E-state index in [9.17, 15) is 14.4 Å². The first kappa shape index (κ1) is 71.9. The lowest BCUT2D eigenvalue weighted by Gasteiger charge is -2.40. The third-order valence-electron chi connectivity index (χ3n) is 14.5. The zero-order chi connectivity index (χ0) is 63.7. The van der Waals surface area contributed by atoms with Crippen LogP contribution >= 0.6 is 69.6 Å². The number of ether oxygens (including phenoxy) is 3. The summed E-state index contributed by atoms with van der Waals surface area (Å²) in [6.07, 6.45) is 15.1. The van der Waals surface area contributed by atoms with Gasteiger partial charge in [-0.2, -0.15) is 30.6 Å². The van der Waals surface area contributed by atoms with Crippen molar-refractivity contribution in [3.63, 3.8) is 0 Å². The number of aromatic nitrogens is 12. The molecule has 0 bridgehead atoms. The molecule has 0 radical (unpaired) electrons. The zero-order valence-electron chi connectivity index (χ0n) is 50.2. The number of allylic oxidation sites excluding steroid dienone is 4. The van der Waals surface area contributed by atoms with E-state index in [0.717, 1.165) is 57.4 Å². The minimum Gasteiger partial charge on any atom is -0.498 e. The number of aryl methyl sites for hydroxylation is 6. The van der Waals surface area contributed by atoms with Crippen molar-refractivity contribution in [3.05, 3.63) is 139 Å². The number of fused-ring (bicyclic) bond motifs is 2. The van der Waals surface area contributed by atoms with Crippen molar-refractivity contribution >= 4 is 87.3 Å². The number of halogens is 6. The van der Waals surface area contributed by atoms with Crippen molar-refractivity contribution in [2.45, 2.75) is 117 Å². The molecule has 4 aliphatic rings. The number of carboxylic acids is 1. The van der Waals surface area contributed by atoms with Crippen LogP contribution in [0.5, 0.6) is 0 Å². The lowest BCUT2D eigenvalue weighted by atomic mass is 9.77. The maximum atomic E-state index is 11.5. The molecule has 6 aromatic rings. The van der Waals surface area contributed by atoms with Gasteiger partial charge in [-0.25, -0.2) is 4.79 Å². The molecule has 85 heavy (non-hydrogen) atoms. The largest absolute Gasteiger partial charge is 0.498 e. The van der Waals surface area contributed by atoms with Gasteiger partial charge in [-0.15, -0.1) is 13.2 Å². The molecule has 0 aromatic carbocycles. The number of rotatable bonds is 13. The van der Waals surface area contributed by atoms with Gasteiger partial charge < -0.3 is 34.4 Å². The fourth-order valence-electron chi connectivity index (χ4n) is 9.54. The third kappa shape index (κ3) is 19.2. The number of carbonyl (C=O) groups is 3. The summed E-state index contributed by atoms with van der Waals surface area (Å²) in [5, 5.41) is 53.1. The highest BCUT2D eigenvalue weighted by atomic mass is 35.5. The van der Waals surface area contributed by atoms with E-state index in [2.05, 4.69) is 49.8 Å². The molecule has 3 unspecified atom stereocenters. The molecule has 2 saturated heterocycles. The Kier molecular flexibility index (Phi) is 27.5. The highest BCUT2D eigenvalue weighted by Crippen LogP contribution is 2.59. The first-order valence-electron chi connectivity index (χ1n) is 27.3. The van der Waals surface area contributed by atoms with Crippen LogP contribution in [0, 0.1) is 10.8 Å². The van der Waals surface area contributed by atoms with Crippen LogP contribution in [0.25, 0.3) is 0 Å². The number of aliphatic hydroxyl groups is 2. The Morgan fingerprint density at radius 3 is 1.46 bits per heavy atom. The van der Waals surface area contributed by atoms with Crippen LogP contribution in [0.4, 0.5) is 0 Å². The molecule has 2 aliphatic heterocycles. The van der Waals surface area contributed by atoms with Crippen LogP contribution < -0.4 is 0 Å². The van der Waals surface area contributed by atoms with Crippen LogP contribution in [-0.4, -0.2) is 129 Å². The quantitative estimate of drug-likeness (QED) is 0.0718. The topological polar surface area (TPSA) is 250 Å². The van der Waals surface area contributed by atoms with Gasteiger partial charge in [0.2, 0.25) is 0 Å². The number of aliphatic hydroxyl groups excluding tert-OH is 2. The van der Waals surface area contributed by atoms with Gasteiger partial charge >= 0.3 is 5.97 Å². The summed E-state index contributed by atoms with van der Waals surface area (Å²) in [6.45, 7) is 18.7. The van der Waals surface area contributed by atoms with Gasteiger partial charge in [0.1, 0.15) is 42.7 Å². The minimum absolute atomic E-state index is 0.0347. The van der Waals surface area contributed by atoms with E-state index in [0.29, 0.717) is 65.7 Å². The highest BCUT2D eigenvalue weighted by Gasteiger charge is 2.60. The molecule has 1 saturated carbocycles. The number of carbonyl (C=O) groups excluding carboxylic acids is 2. The molecule has 468 valence electrons. The molecule has 3 N–H and O–H groups in total. The van der Waals surface area contributed by atoms with Crippen molar-refractivity contribution < 1.29 is 43.9 Å². The van der Waals surface area contributed by atoms with Gasteiger partial charge in [-0.1, -0.05) is 81.8 Å². The Hall–Kier alpha value is -5.53. The minimum atomic E-state index is -1.07. The number of hydrogen-bond donors (Lipinski definition) is 3. The van der Waals surface area contributed by atoms with Crippen LogP contribution in [0.15, 0.2) is 73.5 Å². The number of hydrogen-bond acceptors (Lipinski definition) is 14. The summed E-state index contributed by atoms with van der Waals surface area (Å²) in [7, 11) is 12.0. The maximum Gasteiger partial charge on any atom is 0.356 e. The van der Waals surface area contributed by atoms with E-state index >= 15 is 0 Å². The van der Waals surface area contributed by atoms with E-state index in [1.807, 2.05) is 39.1 Å². The number of Topliss-reactive ketones (excluding diaryl/α,β-unsaturated/α-hetero) is 1. The Morgan fingerprint density at radius 2 is 1.09 bits per heavy atom. The molecule has 8 heterocycles. The molecular weight excluding hydrogens is 1220 g/mol. The zero-order valence-corrected chi connectivity index (χ0v) is 54.7. The summed E-state index contributed by atoms with van der Waals surface area (Å²) in [4.78, 5) is 34.0. The number of carboxylic acid groups (broad SMARTS) is 1. The second-order valence-electron chi connectivity index (χ2n) is 20.7. The van der Waals surface area contributed by atoms with Gasteiger partial charge in [0.25, 0.3) is 5.91 Å². The first-order valence-corrected chi connectivity index (χ1v) is 29.6. The number of nitrogens with zero attached hydrogens (tertiary/aromatic N) is 13. The summed E-state index contributed by atoms with van der Waals surface area (Å²) < 4.78 is 27.0. The van der Waals surface area contributed by atoms with Crippen molar-refractivity contribution in [1.29, 1.82) is 0 Å². The first-order chi connectivity index (χ1) is 39.9. The van der Waals surface area contributed by atoms with Crippen LogP contribution in [0.1, 0.15) is 159 Å². The molecule has 1 amide bonds. The Balaban J connectivity index is 0.000000217. The average Bonchev–Trinajstić information content (AvgIpc) is 1.93. The summed E-state index contributed by atoms with van der Waals surface area (Å²) >= 11 is 34.3. The molecule has 3 fully saturated rings. The standard InChI is InChI=1S/C16H23ClN2O2.C10H14O.C8H12ClN3O.2C6H9ClN2O.C6H7ClN2O.C5H5ClN2O2/c1-4-6-15-7-5-8-16(15,20-10-9-15)21-12(2)13-11-14(17)19(3)18-13;1-2-5-10-6-3-4-9(10)11-8-7-10;1-4-11(2)8(13)6-5-7(9)12(3)10-6;3*1-4(10)5-3-6(7)9(2)8-5;1-8-4(6)2-3(7-8)5(9)10/h4,11-12H,1,5-10H2,2-3H3;2,4H,1,3,5-8H2;5H,4H2,1-3H3;2*3-4,10H,1-2H3;3H,1-2H3;2H,1H3,(H,9,10)/t12?,15-,16+;10-;;;;;/m00...../s1. The van der Waals surface area contributed by atoms with E-state index in [1.54, 1.807) is 90.0 Å². The molecule has 28 heteroatoms. The lowest BCUT2D eigenvalue weighted by Crippen LogP contribution is -2.43. The second kappa shape index (κ2) is 32.4. The smallest absolute Gasteiger partial charge is 0.356 e. The van der Waals surface area contributed by atoms with E-state index in [-0.39, 0.29) is 28.9 Å². The predicted molar refractivity (Wildman–Crippen MR) is 329 cm³/mol. The monoisotopic (exact) mass is 1300 g/mol. The molecule has 6 atom stereocenters. The van der Waals surface area contributed by atoms with Gasteiger partial charge in [0.05, 0.1) is 48.3 Å². The van der Waals surface area contributed by atoms with Crippen molar-refractivity contribution in [3.8, 4) is 0 Å². The molecule has 0 spiro atoms. The van der Waals surface area contributed by atoms with Crippen molar-refractivity contribution in [2.75, 3.05) is 26.8 Å². The number of amides is 1. The molecular formula is C57H79Cl6N13O9. The fraction of sp³-hybridized carbons (Fsp3) is 0.526. The SMILES string of the molecule is C=CC[C@@]12CCC=C1OCC2.C=CC[C@@]12CCC[C@]1(OC(C)c1cc(Cl)n(C)n1)OCC2.CC(=O)c1cc(Cl)n(C)n1.CC(O)c1cc(Cl)n(C)n1.CC(O)c1cc(Cl)n(C)n1.CCN(C)C(=O)c1cc(Cl)n(C)n1.Cn1nc(C(=O)O)cc1Cl. The van der Waals surface area contributed by atoms with Crippen LogP contribution in [-0.2, 0) is 56.5 Å². The van der Waals surface area contributed by atoms with Gasteiger partial charge in [0, 0.05) is 116 Å². The number of aromatic carboxylic acids is 1. The van der Waals surface area contributed by atoms with Gasteiger partial charge in [0.15, 0.2) is 23.0 Å². The van der Waals surface area contributed by atoms with Gasteiger partial charge in [-0.3, -0.25) is 37.7 Å². The van der Waals surface area contributed by atoms with Crippen molar-refractivity contribution in [1.82, 2.24) is 63.6 Å². The average molecular weight is 1300 g/mol. The lowest BCUT2D eigenvalue weighted by molar-refractivity contribution is -0.268. The Bertz CT molecular complexity index is 3000. The predicted octanol–water partition coefficient (Wildman–Crippen LogP) is 12.1. The van der Waals surface area contributed by atoms with Crippen LogP contribution in [0.2, 0.25) is 30.9 Å². The van der Waals surface area contributed by atoms with E-state index in [4.69, 9.17) is 99.1 Å². The summed E-state index contributed by atoms with van der Waals surface area (Å²) in [6, 6.07) is 9.56. The number of ketones is 1. The van der Waals surface area contributed by atoms with Crippen molar-refractivity contribution in [2.24, 2.45) is 53.1 Å². The Morgan fingerprint density at radius 1 is 0.647 bits per heavy atom. The van der Waals surface area contributed by atoms with Crippen LogP contribution in [0.3, 0.4) is 0 Å². The second-order valence-corrected chi connectivity index (χ2v) is 23.0. The highest BCUT2D eigenvalue weighted by molar-refractivity contribution is 6.31. The summed E-state index contributed by atoms with van der Waals surface area (Å²) in [5.41, 5.74) is 3.28. The van der Waals surface area contributed by atoms with Gasteiger partial charge in [-0.05, 0) is 85.1 Å². The van der Waals surface area contributed by atoms with E-state index < -0.39 is 24.0 Å². The molecule has 22 nitrogen and oxygen atoms in total. The molecule has 2 aliphatic carbocycles. The molecule has 10 rings (SSSR count). The van der Waals surface area contributed by atoms with E-state index in [1.165, 1.54) is 61.4 Å². The molecule has 6 aromatic heterocycles. The summed E-state index contributed by atoms with van der Waals surface area (Å²) in [5.74, 6) is -0.475. The maximum absolute atomic E-state index is 11.5. The fourth-order valence-corrected chi connectivity index (χ4v) is 10.4. The normalized spacial score (nSPS) is 19.7. The third-order valence-corrected chi connectivity index (χ3v) is 16.6.